The van der Waals surface area contributed by atoms with E-state index in [2.05, 4.69) is 33.5 Å². The van der Waals surface area contributed by atoms with Gasteiger partial charge in [-0.2, -0.15) is 0 Å². The van der Waals surface area contributed by atoms with E-state index in [-0.39, 0.29) is 5.91 Å². The van der Waals surface area contributed by atoms with Gasteiger partial charge in [-0.25, -0.2) is 0 Å². The Hall–Kier alpha value is -2.56. The molecule has 2 aromatic heterocycles. The van der Waals surface area contributed by atoms with Crippen LogP contribution in [-0.4, -0.2) is 10.5 Å². The zero-order valence-corrected chi connectivity index (χ0v) is 15.6. The summed E-state index contributed by atoms with van der Waals surface area (Å²) < 4.78 is 3.22. The largest absolute Gasteiger partial charge is 0.335 e. The first-order valence-electron chi connectivity index (χ1n) is 8.38. The van der Waals surface area contributed by atoms with Gasteiger partial charge in [-0.1, -0.05) is 48.0 Å². The van der Waals surface area contributed by atoms with Crippen molar-refractivity contribution in [2.45, 2.75) is 13.0 Å². The van der Waals surface area contributed by atoms with Crippen molar-refractivity contribution in [2.75, 3.05) is 5.32 Å². The van der Waals surface area contributed by atoms with Crippen molar-refractivity contribution in [3.63, 3.8) is 0 Å². The molecule has 0 aliphatic heterocycles. The highest BCUT2D eigenvalue weighted by molar-refractivity contribution is 7.17. The van der Waals surface area contributed by atoms with Crippen LogP contribution in [0.5, 0.6) is 0 Å². The van der Waals surface area contributed by atoms with Crippen LogP contribution in [0.15, 0.2) is 72.1 Å². The average molecular weight is 381 g/mol. The highest BCUT2D eigenvalue weighted by Crippen LogP contribution is 2.26. The molecule has 1 amide bonds. The number of thiophene rings is 1. The standard InChI is InChI=1S/C21H17ClN2OS/c22-16-7-4-8-17(13-16)23-21(25)19-14-20-18(10-12-26-20)24(19)11-9-15-5-2-1-3-6-15/h1-8,10,12-14H,9,11H2,(H,23,25). The lowest BCUT2D eigenvalue weighted by molar-refractivity contribution is 0.101. The van der Waals surface area contributed by atoms with Crippen LogP contribution in [0.25, 0.3) is 10.2 Å². The molecule has 5 heteroatoms. The molecule has 0 aliphatic carbocycles. The lowest BCUT2D eigenvalue weighted by atomic mass is 10.1. The predicted octanol–water partition coefficient (Wildman–Crippen LogP) is 5.85. The number of fused-ring (bicyclic) bond motifs is 1. The second kappa shape index (κ2) is 7.36. The molecule has 2 heterocycles. The summed E-state index contributed by atoms with van der Waals surface area (Å²) in [6, 6.07) is 21.5. The van der Waals surface area contributed by atoms with Crippen LogP contribution in [0.2, 0.25) is 5.02 Å². The van der Waals surface area contributed by atoms with Gasteiger partial charge in [-0.3, -0.25) is 4.79 Å². The molecule has 2 aromatic carbocycles. The first-order valence-corrected chi connectivity index (χ1v) is 9.64. The molecule has 1 N–H and O–H groups in total. The topological polar surface area (TPSA) is 34.0 Å². The van der Waals surface area contributed by atoms with Gasteiger partial charge < -0.3 is 9.88 Å². The number of carbonyl (C=O) groups excluding carboxylic acids is 1. The van der Waals surface area contributed by atoms with Gasteiger partial charge in [0.15, 0.2) is 0 Å². The molecule has 4 aromatic rings. The first-order chi connectivity index (χ1) is 12.7. The number of nitrogens with one attached hydrogen (secondary N) is 1. The summed E-state index contributed by atoms with van der Waals surface area (Å²) in [5, 5.41) is 5.61. The van der Waals surface area contributed by atoms with E-state index in [1.54, 1.807) is 23.5 Å². The molecule has 0 fully saturated rings. The maximum atomic E-state index is 12.9. The molecule has 26 heavy (non-hydrogen) atoms. The molecule has 0 saturated heterocycles. The van der Waals surface area contributed by atoms with Crippen LogP contribution >= 0.6 is 22.9 Å². The summed E-state index contributed by atoms with van der Waals surface area (Å²) in [5.41, 5.74) is 3.72. The Balaban J connectivity index is 1.62. The summed E-state index contributed by atoms with van der Waals surface area (Å²) in [5.74, 6) is -0.122. The minimum atomic E-state index is -0.122. The molecule has 0 radical (unpaired) electrons. The van der Waals surface area contributed by atoms with E-state index in [0.29, 0.717) is 16.4 Å². The minimum absolute atomic E-state index is 0.122. The fourth-order valence-corrected chi connectivity index (χ4v) is 4.07. The maximum Gasteiger partial charge on any atom is 0.272 e. The number of anilines is 1. The lowest BCUT2D eigenvalue weighted by Gasteiger charge is -2.11. The Morgan fingerprint density at radius 2 is 1.88 bits per heavy atom. The van der Waals surface area contributed by atoms with E-state index in [1.807, 2.05) is 36.4 Å². The third-order valence-electron chi connectivity index (χ3n) is 4.30. The van der Waals surface area contributed by atoms with Crippen molar-refractivity contribution >= 4 is 44.7 Å². The number of carbonyl (C=O) groups is 1. The number of amides is 1. The van der Waals surface area contributed by atoms with E-state index in [0.717, 1.165) is 23.2 Å². The van der Waals surface area contributed by atoms with Gasteiger partial charge in [0.25, 0.3) is 5.91 Å². The number of nitrogens with zero attached hydrogens (tertiary/aromatic N) is 1. The Kier molecular flexibility index (Phi) is 4.78. The molecule has 0 unspecified atom stereocenters. The Bertz CT molecular complexity index is 1050. The first kappa shape index (κ1) is 16.9. The van der Waals surface area contributed by atoms with Crippen molar-refractivity contribution in [2.24, 2.45) is 0 Å². The van der Waals surface area contributed by atoms with Gasteiger partial charge in [0.2, 0.25) is 0 Å². The molecule has 130 valence electrons. The monoisotopic (exact) mass is 380 g/mol. The number of halogens is 1. The molecule has 0 saturated carbocycles. The van der Waals surface area contributed by atoms with Crippen LogP contribution in [0, 0.1) is 0 Å². The number of aromatic nitrogens is 1. The summed E-state index contributed by atoms with van der Waals surface area (Å²) in [4.78, 5) is 12.9. The minimum Gasteiger partial charge on any atom is -0.335 e. The SMILES string of the molecule is O=C(Nc1cccc(Cl)c1)c1cc2sccc2n1CCc1ccccc1. The predicted molar refractivity (Wildman–Crippen MR) is 109 cm³/mol. The van der Waals surface area contributed by atoms with E-state index in [9.17, 15) is 4.79 Å². The second-order valence-corrected chi connectivity index (χ2v) is 7.44. The van der Waals surface area contributed by atoms with E-state index < -0.39 is 0 Å². The Morgan fingerprint density at radius 1 is 1.04 bits per heavy atom. The van der Waals surface area contributed by atoms with Crippen LogP contribution in [0.3, 0.4) is 0 Å². The van der Waals surface area contributed by atoms with Gasteiger partial charge in [0, 0.05) is 17.3 Å². The summed E-state index contributed by atoms with van der Waals surface area (Å²) in [7, 11) is 0. The molecule has 0 spiro atoms. The normalized spacial score (nSPS) is 11.0. The fraction of sp³-hybridized carbons (Fsp3) is 0.0952. The van der Waals surface area contributed by atoms with Crippen molar-refractivity contribution in [3.8, 4) is 0 Å². The van der Waals surface area contributed by atoms with Crippen LogP contribution in [-0.2, 0) is 13.0 Å². The van der Waals surface area contributed by atoms with E-state index in [4.69, 9.17) is 11.6 Å². The summed E-state index contributed by atoms with van der Waals surface area (Å²) >= 11 is 7.66. The van der Waals surface area contributed by atoms with Crippen LogP contribution < -0.4 is 5.32 Å². The third kappa shape index (κ3) is 3.52. The van der Waals surface area contributed by atoms with Gasteiger partial charge in [0.05, 0.1) is 10.2 Å². The lowest BCUT2D eigenvalue weighted by Crippen LogP contribution is -2.17. The number of hydrogen-bond acceptors (Lipinski definition) is 2. The van der Waals surface area contributed by atoms with Crippen molar-refractivity contribution in [3.05, 3.63) is 88.4 Å². The van der Waals surface area contributed by atoms with Gasteiger partial charge in [0.1, 0.15) is 5.69 Å². The average Bonchev–Trinajstić information content (AvgIpc) is 3.22. The summed E-state index contributed by atoms with van der Waals surface area (Å²) in [6.45, 7) is 0.753. The molecular formula is C21H17ClN2OS. The van der Waals surface area contributed by atoms with E-state index in [1.165, 1.54) is 5.56 Å². The third-order valence-corrected chi connectivity index (χ3v) is 5.39. The van der Waals surface area contributed by atoms with Crippen molar-refractivity contribution in [1.29, 1.82) is 0 Å². The summed E-state index contributed by atoms with van der Waals surface area (Å²) in [6.07, 6.45) is 0.873. The zero-order valence-electron chi connectivity index (χ0n) is 14.0. The smallest absolute Gasteiger partial charge is 0.272 e. The quantitative estimate of drug-likeness (QED) is 0.463. The second-order valence-electron chi connectivity index (χ2n) is 6.05. The fourth-order valence-electron chi connectivity index (χ4n) is 3.05. The zero-order chi connectivity index (χ0) is 17.9. The molecule has 4 rings (SSSR count). The van der Waals surface area contributed by atoms with Gasteiger partial charge in [-0.15, -0.1) is 11.3 Å². The molecule has 0 aliphatic rings. The Morgan fingerprint density at radius 3 is 2.69 bits per heavy atom. The Labute approximate surface area is 160 Å². The molecule has 3 nitrogen and oxygen atoms in total. The molecular weight excluding hydrogens is 364 g/mol. The van der Waals surface area contributed by atoms with Crippen LogP contribution in [0.1, 0.15) is 16.1 Å². The molecule has 0 atom stereocenters. The molecule has 0 bridgehead atoms. The number of aryl methyl sites for hydroxylation is 2. The number of hydrogen-bond donors (Lipinski definition) is 1. The number of benzene rings is 2. The highest BCUT2D eigenvalue weighted by Gasteiger charge is 2.16. The highest BCUT2D eigenvalue weighted by atomic mass is 35.5. The van der Waals surface area contributed by atoms with Crippen LogP contribution in [0.4, 0.5) is 5.69 Å². The van der Waals surface area contributed by atoms with E-state index >= 15 is 0 Å². The number of rotatable bonds is 5. The van der Waals surface area contributed by atoms with Crippen molar-refractivity contribution < 1.29 is 4.79 Å². The maximum absolute atomic E-state index is 12.9. The van der Waals surface area contributed by atoms with Crippen molar-refractivity contribution in [1.82, 2.24) is 4.57 Å². The van der Waals surface area contributed by atoms with Gasteiger partial charge >= 0.3 is 0 Å². The van der Waals surface area contributed by atoms with Gasteiger partial charge in [-0.05, 0) is 47.7 Å².